The third-order valence-electron chi connectivity index (χ3n) is 3.28. The summed E-state index contributed by atoms with van der Waals surface area (Å²) in [5.41, 5.74) is 1.93. The Balaban J connectivity index is 2.54. The molecule has 1 aliphatic heterocycles. The smallest absolute Gasteiger partial charge is 0.311 e. The fraction of sp³-hybridized carbons (Fsp3) is 0.417. The van der Waals surface area contributed by atoms with Crippen molar-refractivity contribution in [1.82, 2.24) is 0 Å². The summed E-state index contributed by atoms with van der Waals surface area (Å²) in [6, 6.07) is 6.10. The Morgan fingerprint density at radius 2 is 2.25 bits per heavy atom. The highest BCUT2D eigenvalue weighted by Gasteiger charge is 2.32. The second-order valence-electron chi connectivity index (χ2n) is 4.29. The molecule has 1 aromatic rings. The van der Waals surface area contributed by atoms with Gasteiger partial charge in [0.15, 0.2) is 0 Å². The lowest BCUT2D eigenvalue weighted by Crippen LogP contribution is -2.37. The highest BCUT2D eigenvalue weighted by atomic mass is 79.9. The first kappa shape index (κ1) is 11.5. The van der Waals surface area contributed by atoms with E-state index in [2.05, 4.69) is 27.8 Å². The molecule has 0 unspecified atom stereocenters. The Bertz CT molecular complexity index is 433. The molecule has 1 aromatic carbocycles. The average Bonchev–Trinajstić information content (AvgIpc) is 2.22. The fourth-order valence-electron chi connectivity index (χ4n) is 2.22. The predicted molar refractivity (Wildman–Crippen MR) is 67.0 cm³/mol. The van der Waals surface area contributed by atoms with Gasteiger partial charge in [-0.15, -0.1) is 0 Å². The highest BCUT2D eigenvalue weighted by molar-refractivity contribution is 9.10. The Kier molecular flexibility index (Phi) is 2.93. The number of benzene rings is 1. The molecular formula is C12H14BrNO2. The van der Waals surface area contributed by atoms with Gasteiger partial charge in [-0.25, -0.2) is 0 Å². The molecule has 1 heterocycles. The Labute approximate surface area is 103 Å². The minimum absolute atomic E-state index is 0.259. The van der Waals surface area contributed by atoms with Crippen LogP contribution in [-0.2, 0) is 4.79 Å². The van der Waals surface area contributed by atoms with Gasteiger partial charge in [-0.05, 0) is 37.1 Å². The molecule has 0 aliphatic carbocycles. The number of carboxylic acid groups (broad SMARTS) is 1. The zero-order valence-corrected chi connectivity index (χ0v) is 10.9. The number of fused-ring (bicyclic) bond motifs is 1. The van der Waals surface area contributed by atoms with E-state index in [0.29, 0.717) is 6.42 Å². The SMILES string of the molecule is C[C@@H]1C[C@@H](C(=O)O)c2cc(Br)ccc2N1C. The second-order valence-corrected chi connectivity index (χ2v) is 5.21. The topological polar surface area (TPSA) is 40.5 Å². The van der Waals surface area contributed by atoms with Gasteiger partial charge in [0.2, 0.25) is 0 Å². The molecule has 2 rings (SSSR count). The summed E-state index contributed by atoms with van der Waals surface area (Å²) in [7, 11) is 2.01. The Morgan fingerprint density at radius 1 is 1.56 bits per heavy atom. The van der Waals surface area contributed by atoms with Crippen LogP contribution < -0.4 is 4.90 Å². The first-order valence-corrected chi connectivity index (χ1v) is 6.05. The monoisotopic (exact) mass is 283 g/mol. The van der Waals surface area contributed by atoms with Crippen LogP contribution in [0, 0.1) is 0 Å². The van der Waals surface area contributed by atoms with Gasteiger partial charge >= 0.3 is 5.97 Å². The van der Waals surface area contributed by atoms with E-state index in [1.165, 1.54) is 0 Å². The second kappa shape index (κ2) is 4.09. The first-order valence-electron chi connectivity index (χ1n) is 5.25. The number of carbonyl (C=O) groups is 1. The lowest BCUT2D eigenvalue weighted by molar-refractivity contribution is -0.139. The first-order chi connectivity index (χ1) is 7.50. The minimum atomic E-state index is -0.737. The molecule has 0 spiro atoms. The number of halogens is 1. The maximum Gasteiger partial charge on any atom is 0.311 e. The normalized spacial score (nSPS) is 24.1. The summed E-state index contributed by atoms with van der Waals surface area (Å²) in [4.78, 5) is 13.4. The van der Waals surface area contributed by atoms with E-state index < -0.39 is 11.9 Å². The number of anilines is 1. The maximum atomic E-state index is 11.2. The predicted octanol–water partition coefficient (Wildman–Crippen LogP) is 2.85. The summed E-state index contributed by atoms with van der Waals surface area (Å²) in [6.45, 7) is 2.06. The van der Waals surface area contributed by atoms with Crippen LogP contribution in [0.15, 0.2) is 22.7 Å². The maximum absolute atomic E-state index is 11.2. The number of hydrogen-bond acceptors (Lipinski definition) is 2. The number of carboxylic acids is 1. The quantitative estimate of drug-likeness (QED) is 0.862. The van der Waals surface area contributed by atoms with Crippen molar-refractivity contribution in [3.63, 3.8) is 0 Å². The van der Waals surface area contributed by atoms with E-state index in [1.807, 2.05) is 25.2 Å². The van der Waals surface area contributed by atoms with Crippen molar-refractivity contribution in [1.29, 1.82) is 0 Å². The average molecular weight is 284 g/mol. The molecule has 1 aliphatic rings. The zero-order chi connectivity index (χ0) is 11.9. The van der Waals surface area contributed by atoms with Gasteiger partial charge in [-0.1, -0.05) is 15.9 Å². The molecule has 0 fully saturated rings. The van der Waals surface area contributed by atoms with E-state index in [1.54, 1.807) is 0 Å². The molecule has 16 heavy (non-hydrogen) atoms. The van der Waals surface area contributed by atoms with Crippen molar-refractivity contribution >= 4 is 27.6 Å². The zero-order valence-electron chi connectivity index (χ0n) is 9.27. The van der Waals surface area contributed by atoms with Crippen molar-refractivity contribution in [3.05, 3.63) is 28.2 Å². The lowest BCUT2D eigenvalue weighted by Gasteiger charge is -2.37. The molecule has 86 valence electrons. The van der Waals surface area contributed by atoms with Crippen molar-refractivity contribution in [2.45, 2.75) is 25.3 Å². The van der Waals surface area contributed by atoms with Crippen LogP contribution >= 0.6 is 15.9 Å². The summed E-state index contributed by atoms with van der Waals surface area (Å²) < 4.78 is 0.931. The van der Waals surface area contributed by atoms with Gasteiger partial charge in [-0.3, -0.25) is 4.79 Å². The van der Waals surface area contributed by atoms with Crippen LogP contribution in [-0.4, -0.2) is 24.2 Å². The Hall–Kier alpha value is -1.03. The molecule has 0 saturated carbocycles. The summed E-state index contributed by atoms with van der Waals surface area (Å²) >= 11 is 3.39. The third kappa shape index (κ3) is 1.82. The molecule has 4 heteroatoms. The van der Waals surface area contributed by atoms with Gasteiger partial charge < -0.3 is 10.0 Å². The van der Waals surface area contributed by atoms with Crippen LogP contribution in [0.1, 0.15) is 24.8 Å². The molecule has 0 radical (unpaired) electrons. The standard InChI is InChI=1S/C12H14BrNO2/c1-7-5-10(12(15)16)9-6-8(13)3-4-11(9)14(7)2/h3-4,6-7,10H,5H2,1-2H3,(H,15,16)/t7-,10-/m1/s1. The molecular weight excluding hydrogens is 270 g/mol. The van der Waals surface area contributed by atoms with Crippen molar-refractivity contribution in [2.75, 3.05) is 11.9 Å². The highest BCUT2D eigenvalue weighted by Crippen LogP contribution is 2.39. The molecule has 0 amide bonds. The van der Waals surface area contributed by atoms with Crippen molar-refractivity contribution < 1.29 is 9.90 Å². The van der Waals surface area contributed by atoms with Gasteiger partial charge in [-0.2, -0.15) is 0 Å². The minimum Gasteiger partial charge on any atom is -0.481 e. The molecule has 1 N–H and O–H groups in total. The summed E-state index contributed by atoms with van der Waals surface area (Å²) in [5, 5.41) is 9.25. The number of nitrogens with zero attached hydrogens (tertiary/aromatic N) is 1. The molecule has 2 atom stereocenters. The summed E-state index contributed by atoms with van der Waals surface area (Å²) in [5.74, 6) is -1.13. The van der Waals surface area contributed by atoms with Crippen LogP contribution in [0.2, 0.25) is 0 Å². The molecule has 0 saturated heterocycles. The van der Waals surface area contributed by atoms with Gasteiger partial charge in [0, 0.05) is 23.2 Å². The van der Waals surface area contributed by atoms with E-state index in [4.69, 9.17) is 0 Å². The van der Waals surface area contributed by atoms with Gasteiger partial charge in [0.1, 0.15) is 0 Å². The van der Waals surface area contributed by atoms with Crippen molar-refractivity contribution in [2.24, 2.45) is 0 Å². The third-order valence-corrected chi connectivity index (χ3v) is 3.77. The molecule has 3 nitrogen and oxygen atoms in total. The summed E-state index contributed by atoms with van der Waals surface area (Å²) in [6.07, 6.45) is 0.662. The Morgan fingerprint density at radius 3 is 2.88 bits per heavy atom. The van der Waals surface area contributed by atoms with Crippen LogP contribution in [0.5, 0.6) is 0 Å². The van der Waals surface area contributed by atoms with E-state index in [0.717, 1.165) is 15.7 Å². The van der Waals surface area contributed by atoms with Gasteiger partial charge in [0.05, 0.1) is 5.92 Å². The van der Waals surface area contributed by atoms with Crippen LogP contribution in [0.3, 0.4) is 0 Å². The van der Waals surface area contributed by atoms with Gasteiger partial charge in [0.25, 0.3) is 0 Å². The lowest BCUT2D eigenvalue weighted by atomic mass is 9.86. The molecule has 0 bridgehead atoms. The number of aliphatic carboxylic acids is 1. The van der Waals surface area contributed by atoms with Crippen LogP contribution in [0.25, 0.3) is 0 Å². The van der Waals surface area contributed by atoms with E-state index >= 15 is 0 Å². The van der Waals surface area contributed by atoms with Crippen LogP contribution in [0.4, 0.5) is 5.69 Å². The van der Waals surface area contributed by atoms with E-state index in [9.17, 15) is 9.90 Å². The number of hydrogen-bond donors (Lipinski definition) is 1. The fourth-order valence-corrected chi connectivity index (χ4v) is 2.60. The van der Waals surface area contributed by atoms with E-state index in [-0.39, 0.29) is 6.04 Å². The van der Waals surface area contributed by atoms with Crippen molar-refractivity contribution in [3.8, 4) is 0 Å². The largest absolute Gasteiger partial charge is 0.481 e. The number of rotatable bonds is 1. The molecule has 0 aromatic heterocycles.